The molecule has 0 aliphatic heterocycles. The summed E-state index contributed by atoms with van der Waals surface area (Å²) in [5.41, 5.74) is 1.07. The molecule has 0 unspecified atom stereocenters. The van der Waals surface area contributed by atoms with Crippen LogP contribution < -0.4 is 31.1 Å². The van der Waals surface area contributed by atoms with Crippen molar-refractivity contribution in [3.05, 3.63) is 155 Å². The number of aromatic nitrogens is 5. The molecule has 1 amide bonds. The molecule has 6 rings (SSSR count). The number of aryl methyl sites for hydroxylation is 1. The number of nitrogens with zero attached hydrogens (tertiary/aromatic N) is 5. The second kappa shape index (κ2) is 19.8. The van der Waals surface area contributed by atoms with Crippen LogP contribution in [0.5, 0.6) is 11.5 Å². The van der Waals surface area contributed by atoms with E-state index < -0.39 is 41.0 Å². The van der Waals surface area contributed by atoms with Crippen molar-refractivity contribution in [1.29, 1.82) is 0 Å². The number of amides is 1. The first-order valence-electron chi connectivity index (χ1n) is 18.4. The highest BCUT2D eigenvalue weighted by Crippen LogP contribution is 2.29. The van der Waals surface area contributed by atoms with Gasteiger partial charge in [-0.1, -0.05) is 113 Å². The van der Waals surface area contributed by atoms with Crippen molar-refractivity contribution in [3.8, 4) is 33.8 Å². The van der Waals surface area contributed by atoms with Crippen molar-refractivity contribution in [1.82, 2.24) is 30.2 Å². The highest BCUT2D eigenvalue weighted by atomic mass is 35.5. The zero-order valence-corrected chi connectivity index (χ0v) is 36.7. The molecule has 16 nitrogen and oxygen atoms in total. The Kier molecular flexibility index (Phi) is 14.5. The van der Waals surface area contributed by atoms with Crippen molar-refractivity contribution in [2.24, 2.45) is 7.05 Å². The van der Waals surface area contributed by atoms with Gasteiger partial charge in [0.15, 0.2) is 18.1 Å². The lowest BCUT2D eigenvalue weighted by molar-refractivity contribution is -0.702. The number of carbonyl (C=O) groups is 3. The largest absolute Gasteiger partial charge is 0.505 e. The van der Waals surface area contributed by atoms with Crippen molar-refractivity contribution in [3.63, 3.8) is 0 Å². The number of halogens is 4. The monoisotopic (exact) mass is 952 g/mol. The number of hydrogen-bond donors (Lipinski definition) is 5. The van der Waals surface area contributed by atoms with E-state index in [1.54, 1.807) is 54.6 Å². The van der Waals surface area contributed by atoms with E-state index in [1.165, 1.54) is 49.4 Å². The molecular formula is C42H34Cl4N7O9S+. The first kappa shape index (κ1) is 46.1. The molecule has 63 heavy (non-hydrogen) atoms. The molecule has 3 heterocycles. The Morgan fingerprint density at radius 1 is 0.746 bits per heavy atom. The maximum absolute atomic E-state index is 13.9. The first-order valence-corrected chi connectivity index (χ1v) is 20.4. The Morgan fingerprint density at radius 2 is 1.27 bits per heavy atom. The fraction of sp³-hybridized carbons (Fsp3) is 0.167. The lowest BCUT2D eigenvalue weighted by Gasteiger charge is -2.18. The van der Waals surface area contributed by atoms with Crippen molar-refractivity contribution >= 4 is 81.5 Å². The number of aliphatic carboxylic acids is 2. The maximum atomic E-state index is 13.9. The maximum Gasteiger partial charge on any atom is 0.326 e. The summed E-state index contributed by atoms with van der Waals surface area (Å²) in [5.74, 6) is -3.55. The number of carboxylic acid groups (broad SMARTS) is 2. The predicted octanol–water partition coefficient (Wildman–Crippen LogP) is 5.18. The number of thiocarbonyl (C=S) groups is 1. The Balaban J connectivity index is 1.16. The highest BCUT2D eigenvalue weighted by molar-refractivity contribution is 7.80. The summed E-state index contributed by atoms with van der Waals surface area (Å²) in [6.45, 7) is -0.228. The van der Waals surface area contributed by atoms with E-state index in [0.29, 0.717) is 27.8 Å². The second-order valence-corrected chi connectivity index (χ2v) is 15.9. The van der Waals surface area contributed by atoms with Crippen LogP contribution in [0.2, 0.25) is 20.1 Å². The fourth-order valence-electron chi connectivity index (χ4n) is 6.48. The molecule has 0 aliphatic carbocycles. The van der Waals surface area contributed by atoms with Gasteiger partial charge >= 0.3 is 11.9 Å². The van der Waals surface area contributed by atoms with Gasteiger partial charge in [0.1, 0.15) is 32.9 Å². The van der Waals surface area contributed by atoms with Gasteiger partial charge in [-0.05, 0) is 34.4 Å². The lowest BCUT2D eigenvalue weighted by atomic mass is 10.0. The van der Waals surface area contributed by atoms with Gasteiger partial charge in [-0.2, -0.15) is 19.4 Å². The molecule has 21 heteroatoms. The molecule has 0 radical (unpaired) electrons. The van der Waals surface area contributed by atoms with E-state index in [1.807, 2.05) is 0 Å². The van der Waals surface area contributed by atoms with Crippen LogP contribution in [0, 0.1) is 0 Å². The number of rotatable bonds is 15. The Hall–Kier alpha value is -6.37. The molecular weight excluding hydrogens is 920 g/mol. The van der Waals surface area contributed by atoms with Gasteiger partial charge in [0.05, 0.1) is 46.2 Å². The van der Waals surface area contributed by atoms with Gasteiger partial charge in [-0.25, -0.2) is 14.3 Å². The van der Waals surface area contributed by atoms with E-state index in [2.05, 4.69) is 20.8 Å². The summed E-state index contributed by atoms with van der Waals surface area (Å²) in [6.07, 6.45) is 4.97. The van der Waals surface area contributed by atoms with Gasteiger partial charge < -0.3 is 30.7 Å². The van der Waals surface area contributed by atoms with Crippen LogP contribution >= 0.6 is 58.6 Å². The Labute approximate surface area is 382 Å². The van der Waals surface area contributed by atoms with E-state index in [0.717, 1.165) is 15.6 Å². The third kappa shape index (κ3) is 10.5. The van der Waals surface area contributed by atoms with Gasteiger partial charge in [0, 0.05) is 25.5 Å². The molecule has 0 saturated heterocycles. The SMILES string of the molecule is COc1cnn(C[n+]2cc(Cl)c(C(=O)N[C@@H](Cc3ccc(-c4c(O)cnn(C)c4=O)cc3)C(=O)O)c(Cl)c2)c(=O)c1-c1ccc(C[C@H](NC(=S)c2c(Cl)cccc2Cl)C(=O)O)cc1. The molecule has 0 saturated carbocycles. The van der Waals surface area contributed by atoms with Gasteiger partial charge in [-0.3, -0.25) is 14.4 Å². The van der Waals surface area contributed by atoms with Crippen LogP contribution in [0.15, 0.2) is 101 Å². The number of carboxylic acids is 2. The topological polar surface area (TPSA) is 219 Å². The summed E-state index contributed by atoms with van der Waals surface area (Å²) in [6, 6.07) is 15.0. The molecule has 6 aromatic rings. The summed E-state index contributed by atoms with van der Waals surface area (Å²) >= 11 is 31.0. The van der Waals surface area contributed by atoms with Crippen molar-refractivity contribution in [2.45, 2.75) is 31.6 Å². The summed E-state index contributed by atoms with van der Waals surface area (Å²) in [7, 11) is 2.81. The number of aromatic hydroxyl groups is 1. The number of ether oxygens (including phenoxy) is 1. The van der Waals surface area contributed by atoms with Crippen LogP contribution in [0.25, 0.3) is 22.3 Å². The average Bonchev–Trinajstić information content (AvgIpc) is 3.23. The molecule has 5 N–H and O–H groups in total. The van der Waals surface area contributed by atoms with Gasteiger partial charge in [0.2, 0.25) is 6.67 Å². The molecule has 2 atom stereocenters. The van der Waals surface area contributed by atoms with Crippen molar-refractivity contribution in [2.75, 3.05) is 7.11 Å². The minimum atomic E-state index is -1.42. The minimum Gasteiger partial charge on any atom is -0.505 e. The number of hydrogen-bond acceptors (Lipinski definition) is 10. The summed E-state index contributed by atoms with van der Waals surface area (Å²) in [4.78, 5) is 64.4. The Bertz CT molecular complexity index is 2850. The standard InChI is InChI=1S/C42H33Cl4N7O9S/c1-51-39(56)33(31(54)16-47-51)23-10-6-21(7-11-23)14-29(41(58)59)49-37(55)35-27(45)18-52(19-28(35)46)20-53-40(57)34(32(62-2)17-48-53)24-12-8-22(9-13-24)15-30(42(60)61)50-38(63)36-25(43)4-3-5-26(36)44/h3-13,16-19,29-30H,14-15,20H2,1-2H3,(H4-,49,50,54,55,56,58,59,60,61,63)/p+1/t29-,30-/m0/s1. The quantitative estimate of drug-likeness (QED) is 0.0663. The molecule has 0 aliphatic rings. The van der Waals surface area contributed by atoms with E-state index in [-0.39, 0.29) is 72.8 Å². The van der Waals surface area contributed by atoms with Crippen LogP contribution in [-0.2, 0) is 36.1 Å². The number of carbonyl (C=O) groups excluding carboxylic acids is 1. The predicted molar refractivity (Wildman–Crippen MR) is 238 cm³/mol. The number of nitrogens with one attached hydrogen (secondary N) is 2. The average molecular weight is 955 g/mol. The normalized spacial score (nSPS) is 12.0. The van der Waals surface area contributed by atoms with Crippen LogP contribution in [0.3, 0.4) is 0 Å². The third-order valence-corrected chi connectivity index (χ3v) is 11.2. The molecule has 3 aromatic heterocycles. The third-order valence-electron chi connectivity index (χ3n) is 9.67. The lowest BCUT2D eigenvalue weighted by Crippen LogP contribution is -2.44. The smallest absolute Gasteiger partial charge is 0.326 e. The van der Waals surface area contributed by atoms with Gasteiger partial charge in [-0.15, -0.1) is 0 Å². The van der Waals surface area contributed by atoms with Crippen molar-refractivity contribution < 1.29 is 39.0 Å². The molecule has 324 valence electrons. The number of pyridine rings is 1. The zero-order chi connectivity index (χ0) is 45.7. The van der Waals surface area contributed by atoms with E-state index >= 15 is 0 Å². The Morgan fingerprint density at radius 3 is 1.79 bits per heavy atom. The summed E-state index contributed by atoms with van der Waals surface area (Å²) < 4.78 is 9.03. The zero-order valence-electron chi connectivity index (χ0n) is 32.9. The molecule has 0 fully saturated rings. The van der Waals surface area contributed by atoms with E-state index in [9.17, 15) is 39.3 Å². The van der Waals surface area contributed by atoms with Gasteiger partial charge in [0.25, 0.3) is 17.0 Å². The minimum absolute atomic E-state index is 0.0109. The highest BCUT2D eigenvalue weighted by Gasteiger charge is 2.28. The van der Waals surface area contributed by atoms with E-state index in [4.69, 9.17) is 63.4 Å². The van der Waals surface area contributed by atoms with Crippen LogP contribution in [-0.4, -0.2) is 76.9 Å². The molecule has 0 bridgehead atoms. The van der Waals surface area contributed by atoms with Crippen LogP contribution in [0.4, 0.5) is 0 Å². The first-order chi connectivity index (χ1) is 30.0. The number of benzene rings is 3. The second-order valence-electron chi connectivity index (χ2n) is 13.8. The number of methoxy groups -OCH3 is 1. The summed E-state index contributed by atoms with van der Waals surface area (Å²) in [5, 5.41) is 43.6. The molecule has 0 spiro atoms. The van der Waals surface area contributed by atoms with Crippen LogP contribution in [0.1, 0.15) is 27.0 Å². The fourth-order valence-corrected chi connectivity index (χ4v) is 8.22. The molecule has 3 aromatic carbocycles.